The van der Waals surface area contributed by atoms with E-state index in [0.717, 1.165) is 16.9 Å². The molecule has 2 atom stereocenters. The Kier molecular flexibility index (Phi) is 5.88. The van der Waals surface area contributed by atoms with Crippen LogP contribution in [0.2, 0.25) is 0 Å². The number of hydrogen-bond acceptors (Lipinski definition) is 11. The number of aliphatic carboxylic acids is 1. The summed E-state index contributed by atoms with van der Waals surface area (Å²) in [5.41, 5.74) is 6.04. The molecule has 162 valence electrons. The maximum atomic E-state index is 12.7. The van der Waals surface area contributed by atoms with Gasteiger partial charge >= 0.3 is 5.97 Å². The summed E-state index contributed by atoms with van der Waals surface area (Å²) in [6, 6.07) is -0.958. The topological polar surface area (TPSA) is 187 Å². The molecule has 4 rings (SSSR count). The number of aromatic amines is 1. The van der Waals surface area contributed by atoms with Crippen molar-refractivity contribution in [1.82, 2.24) is 25.4 Å². The van der Waals surface area contributed by atoms with Gasteiger partial charge < -0.3 is 21.4 Å². The van der Waals surface area contributed by atoms with Gasteiger partial charge in [0.2, 0.25) is 0 Å². The normalized spacial score (nSPS) is 21.0. The molecule has 0 saturated carbocycles. The van der Waals surface area contributed by atoms with Gasteiger partial charge in [-0.1, -0.05) is 5.16 Å². The predicted molar refractivity (Wildman–Crippen MR) is 114 cm³/mol. The molecule has 2 aliphatic heterocycles. The summed E-state index contributed by atoms with van der Waals surface area (Å²) in [6.07, 6.45) is 3.35. The Morgan fingerprint density at radius 3 is 2.90 bits per heavy atom. The maximum absolute atomic E-state index is 12.7. The fourth-order valence-corrected chi connectivity index (χ4v) is 6.15. The molecular weight excluding hydrogens is 466 g/mol. The van der Waals surface area contributed by atoms with Crippen LogP contribution in [-0.2, 0) is 20.1 Å². The van der Waals surface area contributed by atoms with Crippen molar-refractivity contribution in [2.24, 2.45) is 5.16 Å². The van der Waals surface area contributed by atoms with E-state index >= 15 is 0 Å². The zero-order valence-electron chi connectivity index (χ0n) is 15.5. The summed E-state index contributed by atoms with van der Waals surface area (Å²) in [5, 5.41) is 32.0. The Bertz CT molecular complexity index is 1100. The van der Waals surface area contributed by atoms with E-state index in [1.165, 1.54) is 33.8 Å². The van der Waals surface area contributed by atoms with Crippen LogP contribution in [0, 0.1) is 0 Å². The number of nitrogens with one attached hydrogen (secondary N) is 2. The van der Waals surface area contributed by atoms with E-state index in [1.54, 1.807) is 12.4 Å². The number of amides is 2. The molecule has 1 fully saturated rings. The molecule has 0 aliphatic carbocycles. The van der Waals surface area contributed by atoms with Crippen molar-refractivity contribution in [3.8, 4) is 0 Å². The number of thioether (sulfide) groups is 2. The van der Waals surface area contributed by atoms with Crippen molar-refractivity contribution in [3.63, 3.8) is 0 Å². The van der Waals surface area contributed by atoms with Gasteiger partial charge in [0.15, 0.2) is 10.8 Å². The zero-order chi connectivity index (χ0) is 22.1. The first kappa shape index (κ1) is 21.2. The van der Waals surface area contributed by atoms with Gasteiger partial charge in [0.25, 0.3) is 11.8 Å². The number of nitrogen functional groups attached to an aromatic ring is 1. The lowest BCUT2D eigenvalue weighted by Crippen LogP contribution is -2.71. The van der Waals surface area contributed by atoms with E-state index in [4.69, 9.17) is 5.73 Å². The third-order valence-corrected chi connectivity index (χ3v) is 7.77. The fraction of sp³-hybridized carbons (Fsp3) is 0.250. The van der Waals surface area contributed by atoms with E-state index in [0.29, 0.717) is 16.4 Å². The monoisotopic (exact) mass is 481 g/mol. The Hall–Kier alpha value is -3.04. The molecule has 2 aromatic heterocycles. The van der Waals surface area contributed by atoms with Crippen molar-refractivity contribution in [2.45, 2.75) is 17.2 Å². The minimum atomic E-state index is -1.21. The second kappa shape index (κ2) is 8.60. The van der Waals surface area contributed by atoms with Crippen molar-refractivity contribution in [1.29, 1.82) is 0 Å². The summed E-state index contributed by atoms with van der Waals surface area (Å²) >= 11 is 3.73. The highest BCUT2D eigenvalue weighted by Gasteiger charge is 2.54. The second-order valence-electron chi connectivity index (χ2n) is 6.35. The molecule has 2 amide bonds. The number of nitrogens with two attached hydrogens (primary N) is 1. The number of nitrogens with zero attached hydrogens (tertiary/aromatic N) is 4. The van der Waals surface area contributed by atoms with Gasteiger partial charge in [0.1, 0.15) is 22.8 Å². The number of β-lactam (4-membered cyclic amide) rings is 1. The van der Waals surface area contributed by atoms with Crippen LogP contribution in [0.25, 0.3) is 0 Å². The van der Waals surface area contributed by atoms with Gasteiger partial charge in [0.05, 0.1) is 6.20 Å². The number of aromatic nitrogens is 3. The highest BCUT2D eigenvalue weighted by molar-refractivity contribution is 8.05. The van der Waals surface area contributed by atoms with E-state index in [1.807, 2.05) is 0 Å². The number of H-pyrrole nitrogens is 1. The summed E-state index contributed by atoms with van der Waals surface area (Å²) < 4.78 is 0. The minimum absolute atomic E-state index is 0.0754. The number of oxime groups is 1. The molecule has 0 unspecified atom stereocenters. The zero-order valence-corrected chi connectivity index (χ0v) is 18.0. The van der Waals surface area contributed by atoms with Crippen molar-refractivity contribution in [3.05, 3.63) is 39.6 Å². The van der Waals surface area contributed by atoms with Gasteiger partial charge in [-0.05, 0) is 0 Å². The van der Waals surface area contributed by atoms with Crippen LogP contribution in [0.1, 0.15) is 11.3 Å². The van der Waals surface area contributed by atoms with Crippen LogP contribution in [0.15, 0.2) is 33.5 Å². The summed E-state index contributed by atoms with van der Waals surface area (Å²) in [5.74, 6) is -1.71. The predicted octanol–water partition coefficient (Wildman–Crippen LogP) is 0.256. The van der Waals surface area contributed by atoms with Gasteiger partial charge in [0, 0.05) is 33.6 Å². The SMILES string of the molecule is Nc1nc(/C(=N/O)C(=O)N[C@@H]2C(=O)N3C(C(=O)O)=C(SCc4cn[nH]c4)CS[C@@H]23)cs1. The lowest BCUT2D eigenvalue weighted by molar-refractivity contribution is -0.150. The summed E-state index contributed by atoms with van der Waals surface area (Å²) in [7, 11) is 0. The molecule has 0 aromatic carbocycles. The number of thiazole rings is 1. The van der Waals surface area contributed by atoms with E-state index in [2.05, 4.69) is 25.7 Å². The van der Waals surface area contributed by atoms with Gasteiger partial charge in [-0.25, -0.2) is 9.78 Å². The van der Waals surface area contributed by atoms with Crippen molar-refractivity contribution in [2.75, 3.05) is 11.5 Å². The first-order chi connectivity index (χ1) is 14.9. The van der Waals surface area contributed by atoms with E-state index < -0.39 is 29.2 Å². The number of anilines is 1. The average molecular weight is 482 g/mol. The molecule has 12 nitrogen and oxygen atoms in total. The second-order valence-corrected chi connectivity index (χ2v) is 9.42. The van der Waals surface area contributed by atoms with Gasteiger partial charge in [-0.15, -0.1) is 34.9 Å². The standard InChI is InChI=1S/C16H15N7O5S3/c17-16-20-7(4-31-16)9(22-28)12(24)21-10-13(25)23-11(15(26)27)8(5-30-14(10)23)29-3-6-1-18-19-2-6/h1-2,4,10,14,28H,3,5H2,(H2,17,20)(H,18,19)(H,21,24)(H,26,27)/b22-9-/t10-,14+/m1/s1. The average Bonchev–Trinajstić information content (AvgIpc) is 3.42. The number of carbonyl (C=O) groups excluding carboxylic acids is 2. The molecule has 2 aromatic rings. The van der Waals surface area contributed by atoms with Crippen molar-refractivity contribution < 1.29 is 24.7 Å². The van der Waals surface area contributed by atoms with E-state index in [-0.39, 0.29) is 22.2 Å². The van der Waals surface area contributed by atoms with Gasteiger partial charge in [-0.2, -0.15) is 5.10 Å². The molecule has 0 bridgehead atoms. The lowest BCUT2D eigenvalue weighted by atomic mass is 10.0. The van der Waals surface area contributed by atoms with E-state index in [9.17, 15) is 24.7 Å². The molecular formula is C16H15N7O5S3. The summed E-state index contributed by atoms with van der Waals surface area (Å²) in [4.78, 5) is 42.7. The summed E-state index contributed by atoms with van der Waals surface area (Å²) in [6.45, 7) is 0. The molecule has 4 heterocycles. The number of rotatable bonds is 7. The Morgan fingerprint density at radius 2 is 2.29 bits per heavy atom. The minimum Gasteiger partial charge on any atom is -0.477 e. The molecule has 0 spiro atoms. The number of fused-ring (bicyclic) bond motifs is 1. The Labute approximate surface area is 187 Å². The highest BCUT2D eigenvalue weighted by Crippen LogP contribution is 2.44. The molecule has 6 N–H and O–H groups in total. The largest absolute Gasteiger partial charge is 0.477 e. The number of carboxylic acid groups (broad SMARTS) is 1. The molecule has 31 heavy (non-hydrogen) atoms. The Balaban J connectivity index is 1.48. The number of carboxylic acids is 1. The first-order valence-corrected chi connectivity index (χ1v) is 11.6. The highest BCUT2D eigenvalue weighted by atomic mass is 32.2. The van der Waals surface area contributed by atoms with Gasteiger partial charge in [-0.3, -0.25) is 19.6 Å². The Morgan fingerprint density at radius 1 is 1.48 bits per heavy atom. The quantitative estimate of drug-likeness (QED) is 0.159. The van der Waals surface area contributed by atoms with Crippen LogP contribution in [0.4, 0.5) is 5.13 Å². The molecule has 2 aliphatic rings. The molecule has 1 saturated heterocycles. The maximum Gasteiger partial charge on any atom is 0.353 e. The number of carbonyl (C=O) groups is 3. The first-order valence-electron chi connectivity index (χ1n) is 8.66. The smallest absolute Gasteiger partial charge is 0.353 e. The van der Waals surface area contributed by atoms with Crippen LogP contribution in [-0.4, -0.2) is 71.1 Å². The third-order valence-electron chi connectivity index (χ3n) is 4.47. The number of hydrogen-bond donors (Lipinski definition) is 5. The van der Waals surface area contributed by atoms with Crippen LogP contribution in [0.5, 0.6) is 0 Å². The molecule has 0 radical (unpaired) electrons. The third kappa shape index (κ3) is 3.98. The fourth-order valence-electron chi connectivity index (χ4n) is 3.05. The lowest BCUT2D eigenvalue weighted by Gasteiger charge is -2.49. The van der Waals surface area contributed by atoms with Crippen LogP contribution >= 0.6 is 34.9 Å². The van der Waals surface area contributed by atoms with Crippen LogP contribution in [0.3, 0.4) is 0 Å². The van der Waals surface area contributed by atoms with Crippen LogP contribution < -0.4 is 11.1 Å². The van der Waals surface area contributed by atoms with Crippen molar-refractivity contribution >= 4 is 63.5 Å². The molecule has 15 heteroatoms.